The fourth-order valence-corrected chi connectivity index (χ4v) is 1.56. The van der Waals surface area contributed by atoms with Crippen LogP contribution in [0, 0.1) is 5.41 Å². The van der Waals surface area contributed by atoms with Gasteiger partial charge in [0.2, 0.25) is 0 Å². The zero-order valence-corrected chi connectivity index (χ0v) is 9.17. The topological polar surface area (TPSA) is 78.4 Å². The molecule has 15 heavy (non-hydrogen) atoms. The highest BCUT2D eigenvalue weighted by atomic mass is 16.4. The number of amides is 2. The molecule has 0 radical (unpaired) electrons. The van der Waals surface area contributed by atoms with Crippen molar-refractivity contribution in [3.05, 3.63) is 0 Å². The Kier molecular flexibility index (Phi) is 3.55. The van der Waals surface area contributed by atoms with Gasteiger partial charge in [-0.3, -0.25) is 4.79 Å². The van der Waals surface area contributed by atoms with E-state index in [2.05, 4.69) is 17.6 Å². The van der Waals surface area contributed by atoms with Crippen molar-refractivity contribution >= 4 is 12.0 Å². The number of rotatable bonds is 4. The van der Waals surface area contributed by atoms with Gasteiger partial charge in [0.05, 0.1) is 0 Å². The Morgan fingerprint density at radius 1 is 1.47 bits per heavy atom. The van der Waals surface area contributed by atoms with Crippen LogP contribution in [0.2, 0.25) is 0 Å². The molecule has 1 fully saturated rings. The maximum atomic E-state index is 11.3. The van der Waals surface area contributed by atoms with Gasteiger partial charge in [0.15, 0.2) is 0 Å². The first-order chi connectivity index (χ1) is 6.93. The molecule has 2 amide bonds. The maximum absolute atomic E-state index is 11.3. The van der Waals surface area contributed by atoms with E-state index in [0.717, 1.165) is 12.8 Å². The average molecular weight is 214 g/mol. The average Bonchev–Trinajstić information content (AvgIpc) is 2.11. The number of hydrogen-bond donors (Lipinski definition) is 3. The zero-order chi connectivity index (χ0) is 11.5. The van der Waals surface area contributed by atoms with Gasteiger partial charge in [-0.15, -0.1) is 0 Å². The Hall–Kier alpha value is -1.26. The second-order valence-electron chi connectivity index (χ2n) is 4.55. The minimum atomic E-state index is -1.03. The van der Waals surface area contributed by atoms with Crippen molar-refractivity contribution in [1.29, 1.82) is 0 Å². The normalized spacial score (nSPS) is 19.9. The molecule has 0 aromatic heterocycles. The van der Waals surface area contributed by atoms with Gasteiger partial charge in [-0.1, -0.05) is 13.3 Å². The highest BCUT2D eigenvalue weighted by Gasteiger charge is 2.31. The molecule has 3 N–H and O–H groups in total. The minimum Gasteiger partial charge on any atom is -0.480 e. The van der Waals surface area contributed by atoms with E-state index >= 15 is 0 Å². The first kappa shape index (κ1) is 11.8. The highest BCUT2D eigenvalue weighted by Crippen LogP contribution is 2.39. The number of carbonyl (C=O) groups is 2. The van der Waals surface area contributed by atoms with Crippen LogP contribution in [0.3, 0.4) is 0 Å². The molecular weight excluding hydrogens is 196 g/mol. The van der Waals surface area contributed by atoms with Gasteiger partial charge in [0.25, 0.3) is 0 Å². The summed E-state index contributed by atoms with van der Waals surface area (Å²) >= 11 is 0. The number of aliphatic carboxylic acids is 1. The number of urea groups is 1. The van der Waals surface area contributed by atoms with Crippen molar-refractivity contribution in [2.75, 3.05) is 6.54 Å². The predicted octanol–water partition coefficient (Wildman–Crippen LogP) is 0.949. The largest absolute Gasteiger partial charge is 0.480 e. The van der Waals surface area contributed by atoms with Crippen LogP contribution in [0.4, 0.5) is 4.79 Å². The van der Waals surface area contributed by atoms with Gasteiger partial charge >= 0.3 is 12.0 Å². The summed E-state index contributed by atoms with van der Waals surface area (Å²) in [6.07, 6.45) is 3.47. The summed E-state index contributed by atoms with van der Waals surface area (Å²) in [5.41, 5.74) is 0.212. The SMILES string of the molecule is CC(NC(=O)NCC1(C)CCC1)C(=O)O. The summed E-state index contributed by atoms with van der Waals surface area (Å²) in [5, 5.41) is 13.6. The fourth-order valence-electron chi connectivity index (χ4n) is 1.56. The van der Waals surface area contributed by atoms with Gasteiger partial charge in [-0.05, 0) is 25.2 Å². The molecule has 0 spiro atoms. The smallest absolute Gasteiger partial charge is 0.325 e. The third-order valence-corrected chi connectivity index (χ3v) is 2.95. The van der Waals surface area contributed by atoms with Crippen LogP contribution in [0.1, 0.15) is 33.1 Å². The van der Waals surface area contributed by atoms with Crippen molar-refractivity contribution in [2.24, 2.45) is 5.41 Å². The second-order valence-corrected chi connectivity index (χ2v) is 4.55. The Morgan fingerprint density at radius 2 is 2.07 bits per heavy atom. The molecule has 0 bridgehead atoms. The molecule has 1 aliphatic rings. The molecule has 1 rings (SSSR count). The number of carboxylic acids is 1. The summed E-state index contributed by atoms with van der Waals surface area (Å²) in [6, 6.07) is -1.25. The Balaban J connectivity index is 2.21. The fraction of sp³-hybridized carbons (Fsp3) is 0.800. The summed E-state index contributed by atoms with van der Waals surface area (Å²) in [7, 11) is 0. The van der Waals surface area contributed by atoms with E-state index in [1.165, 1.54) is 13.3 Å². The van der Waals surface area contributed by atoms with Crippen molar-refractivity contribution in [2.45, 2.75) is 39.2 Å². The van der Waals surface area contributed by atoms with Crippen molar-refractivity contribution in [3.8, 4) is 0 Å². The molecule has 0 heterocycles. The summed E-state index contributed by atoms with van der Waals surface area (Å²) in [5.74, 6) is -1.03. The lowest BCUT2D eigenvalue weighted by molar-refractivity contribution is -0.138. The molecule has 0 saturated heterocycles. The zero-order valence-electron chi connectivity index (χ0n) is 9.17. The third-order valence-electron chi connectivity index (χ3n) is 2.95. The van der Waals surface area contributed by atoms with Gasteiger partial charge in [0.1, 0.15) is 6.04 Å². The molecule has 5 nitrogen and oxygen atoms in total. The summed E-state index contributed by atoms with van der Waals surface area (Å²) in [4.78, 5) is 21.7. The molecule has 1 saturated carbocycles. The Labute approximate surface area is 89.2 Å². The van der Waals surface area contributed by atoms with E-state index in [9.17, 15) is 9.59 Å². The lowest BCUT2D eigenvalue weighted by Crippen LogP contribution is -2.48. The van der Waals surface area contributed by atoms with E-state index < -0.39 is 18.0 Å². The second kappa shape index (κ2) is 4.51. The van der Waals surface area contributed by atoms with Crippen LogP contribution in [0.5, 0.6) is 0 Å². The number of nitrogens with one attached hydrogen (secondary N) is 2. The van der Waals surface area contributed by atoms with Crippen LogP contribution in [-0.2, 0) is 4.79 Å². The van der Waals surface area contributed by atoms with Gasteiger partial charge in [0, 0.05) is 6.54 Å². The first-order valence-corrected chi connectivity index (χ1v) is 5.20. The summed E-state index contributed by atoms with van der Waals surface area (Å²) < 4.78 is 0. The van der Waals surface area contributed by atoms with E-state index in [4.69, 9.17) is 5.11 Å². The van der Waals surface area contributed by atoms with Crippen molar-refractivity contribution < 1.29 is 14.7 Å². The number of carbonyl (C=O) groups excluding carboxylic acids is 1. The lowest BCUT2D eigenvalue weighted by atomic mass is 9.70. The predicted molar refractivity (Wildman–Crippen MR) is 55.6 cm³/mol. The molecule has 1 unspecified atom stereocenters. The van der Waals surface area contributed by atoms with E-state index in [1.54, 1.807) is 0 Å². The molecule has 86 valence electrons. The van der Waals surface area contributed by atoms with Crippen LogP contribution in [-0.4, -0.2) is 29.7 Å². The maximum Gasteiger partial charge on any atom is 0.325 e. The van der Waals surface area contributed by atoms with E-state index in [-0.39, 0.29) is 5.41 Å². The molecule has 5 heteroatoms. The van der Waals surface area contributed by atoms with Crippen LogP contribution >= 0.6 is 0 Å². The molecule has 1 atom stereocenters. The van der Waals surface area contributed by atoms with Crippen LogP contribution in [0.25, 0.3) is 0 Å². The van der Waals surface area contributed by atoms with E-state index in [0.29, 0.717) is 6.54 Å². The van der Waals surface area contributed by atoms with Crippen LogP contribution < -0.4 is 10.6 Å². The van der Waals surface area contributed by atoms with Gasteiger partial charge in [-0.25, -0.2) is 4.79 Å². The van der Waals surface area contributed by atoms with Crippen molar-refractivity contribution in [1.82, 2.24) is 10.6 Å². The van der Waals surface area contributed by atoms with Gasteiger partial charge in [-0.2, -0.15) is 0 Å². The lowest BCUT2D eigenvalue weighted by Gasteiger charge is -2.38. The molecule has 0 aromatic carbocycles. The quantitative estimate of drug-likeness (QED) is 0.652. The first-order valence-electron chi connectivity index (χ1n) is 5.20. The van der Waals surface area contributed by atoms with Crippen LogP contribution in [0.15, 0.2) is 0 Å². The standard InChI is InChI=1S/C10H18N2O3/c1-7(8(13)14)12-9(15)11-6-10(2)4-3-5-10/h7H,3-6H2,1-2H3,(H,13,14)(H2,11,12,15). The molecule has 0 aromatic rings. The van der Waals surface area contributed by atoms with Gasteiger partial charge < -0.3 is 15.7 Å². The number of carboxylic acid groups (broad SMARTS) is 1. The Morgan fingerprint density at radius 3 is 2.47 bits per heavy atom. The summed E-state index contributed by atoms with van der Waals surface area (Å²) in [6.45, 7) is 4.18. The Bertz CT molecular complexity index is 261. The monoisotopic (exact) mass is 214 g/mol. The number of hydrogen-bond acceptors (Lipinski definition) is 2. The highest BCUT2D eigenvalue weighted by molar-refractivity contribution is 5.82. The third kappa shape index (κ3) is 3.42. The minimum absolute atomic E-state index is 0.212. The van der Waals surface area contributed by atoms with E-state index in [1.807, 2.05) is 0 Å². The molecule has 1 aliphatic carbocycles. The van der Waals surface area contributed by atoms with Crippen molar-refractivity contribution in [3.63, 3.8) is 0 Å². The molecular formula is C10H18N2O3. The molecule has 0 aliphatic heterocycles.